The molecule has 0 aliphatic carbocycles. The third-order valence-electron chi connectivity index (χ3n) is 3.60. The predicted molar refractivity (Wildman–Crippen MR) is 84.4 cm³/mol. The van der Waals surface area contributed by atoms with E-state index in [1.807, 2.05) is 37.3 Å². The van der Waals surface area contributed by atoms with Gasteiger partial charge in [-0.1, -0.05) is 25.1 Å². The van der Waals surface area contributed by atoms with E-state index in [2.05, 4.69) is 10.1 Å². The van der Waals surface area contributed by atoms with Crippen molar-refractivity contribution in [2.24, 2.45) is 0 Å². The number of aromatic nitrogens is 4. The molecule has 114 valence electrons. The maximum absolute atomic E-state index is 12.7. The van der Waals surface area contributed by atoms with Crippen LogP contribution in [-0.4, -0.2) is 33.0 Å². The van der Waals surface area contributed by atoms with Crippen molar-refractivity contribution in [3.05, 3.63) is 52.7 Å². The number of rotatable bonds is 5. The van der Waals surface area contributed by atoms with Crippen molar-refractivity contribution in [2.75, 3.05) is 13.7 Å². The molecule has 0 atom stereocenters. The molecule has 0 bridgehead atoms. The third kappa shape index (κ3) is 2.42. The van der Waals surface area contributed by atoms with Gasteiger partial charge in [-0.2, -0.15) is 5.10 Å². The van der Waals surface area contributed by atoms with Crippen molar-refractivity contribution in [3.8, 4) is 5.69 Å². The topological polar surface area (TPSA) is 61.9 Å². The normalized spacial score (nSPS) is 11.2. The van der Waals surface area contributed by atoms with Crippen LogP contribution in [0, 0.1) is 0 Å². The highest BCUT2D eigenvalue weighted by Gasteiger charge is 2.14. The average molecular weight is 298 g/mol. The van der Waals surface area contributed by atoms with Crippen LogP contribution in [0.5, 0.6) is 0 Å². The van der Waals surface area contributed by atoms with Crippen molar-refractivity contribution >= 4 is 11.0 Å². The Balaban J connectivity index is 2.21. The summed E-state index contributed by atoms with van der Waals surface area (Å²) in [6, 6.07) is 9.69. The number of para-hydroxylation sites is 1. The van der Waals surface area contributed by atoms with Crippen LogP contribution in [0.4, 0.5) is 0 Å². The second kappa shape index (κ2) is 6.11. The number of benzene rings is 1. The Morgan fingerprint density at radius 1 is 1.23 bits per heavy atom. The first kappa shape index (κ1) is 14.5. The molecule has 0 radical (unpaired) electrons. The molecule has 0 fully saturated rings. The molecule has 0 spiro atoms. The molecule has 0 unspecified atom stereocenters. The summed E-state index contributed by atoms with van der Waals surface area (Å²) < 4.78 is 8.45. The quantitative estimate of drug-likeness (QED) is 0.720. The summed E-state index contributed by atoms with van der Waals surface area (Å²) >= 11 is 0. The van der Waals surface area contributed by atoms with E-state index < -0.39 is 0 Å². The van der Waals surface area contributed by atoms with Gasteiger partial charge in [-0.05, 0) is 12.1 Å². The maximum atomic E-state index is 12.7. The lowest BCUT2D eigenvalue weighted by Crippen LogP contribution is -2.27. The molecule has 6 nitrogen and oxygen atoms in total. The van der Waals surface area contributed by atoms with E-state index in [1.54, 1.807) is 22.6 Å². The van der Waals surface area contributed by atoms with E-state index in [-0.39, 0.29) is 5.56 Å². The summed E-state index contributed by atoms with van der Waals surface area (Å²) in [4.78, 5) is 17.3. The zero-order valence-electron chi connectivity index (χ0n) is 12.7. The van der Waals surface area contributed by atoms with Gasteiger partial charge in [-0.25, -0.2) is 9.67 Å². The van der Waals surface area contributed by atoms with Gasteiger partial charge in [0.25, 0.3) is 5.56 Å². The number of methoxy groups -OCH3 is 1. The molecule has 0 N–H and O–H groups in total. The van der Waals surface area contributed by atoms with Gasteiger partial charge in [0.1, 0.15) is 11.2 Å². The van der Waals surface area contributed by atoms with Crippen molar-refractivity contribution in [1.82, 2.24) is 19.3 Å². The Bertz CT molecular complexity index is 836. The first-order valence-corrected chi connectivity index (χ1v) is 7.28. The van der Waals surface area contributed by atoms with Gasteiger partial charge >= 0.3 is 0 Å². The monoisotopic (exact) mass is 298 g/mol. The van der Waals surface area contributed by atoms with Crippen molar-refractivity contribution in [2.45, 2.75) is 19.9 Å². The first-order chi connectivity index (χ1) is 10.8. The Labute approximate surface area is 128 Å². The van der Waals surface area contributed by atoms with E-state index in [9.17, 15) is 4.79 Å². The number of fused-ring (bicyclic) bond motifs is 1. The molecule has 6 heteroatoms. The van der Waals surface area contributed by atoms with Gasteiger partial charge in [0, 0.05) is 13.5 Å². The molecule has 0 saturated carbocycles. The van der Waals surface area contributed by atoms with E-state index in [0.29, 0.717) is 30.6 Å². The Hall–Kier alpha value is -2.47. The summed E-state index contributed by atoms with van der Waals surface area (Å²) in [5.74, 6) is 0.743. The smallest absolute Gasteiger partial charge is 0.264 e. The highest BCUT2D eigenvalue weighted by Crippen LogP contribution is 2.14. The number of hydrogen-bond acceptors (Lipinski definition) is 4. The van der Waals surface area contributed by atoms with Crippen molar-refractivity contribution in [1.29, 1.82) is 0 Å². The van der Waals surface area contributed by atoms with Gasteiger partial charge in [0.05, 0.1) is 25.0 Å². The van der Waals surface area contributed by atoms with Crippen LogP contribution >= 0.6 is 0 Å². The number of ether oxygens (including phenoxy) is 1. The Morgan fingerprint density at radius 3 is 2.68 bits per heavy atom. The van der Waals surface area contributed by atoms with Crippen molar-refractivity contribution < 1.29 is 4.74 Å². The Kier molecular flexibility index (Phi) is 4.02. The van der Waals surface area contributed by atoms with Gasteiger partial charge in [0.2, 0.25) is 0 Å². The SMILES string of the molecule is CCc1nc2c(cnn2-c2ccccc2)c(=O)n1CCOC. The molecule has 2 heterocycles. The highest BCUT2D eigenvalue weighted by molar-refractivity contribution is 5.75. The van der Waals surface area contributed by atoms with Crippen LogP contribution in [-0.2, 0) is 17.7 Å². The fourth-order valence-corrected chi connectivity index (χ4v) is 2.49. The summed E-state index contributed by atoms with van der Waals surface area (Å²) in [6.07, 6.45) is 2.26. The zero-order chi connectivity index (χ0) is 15.5. The van der Waals surface area contributed by atoms with E-state index in [0.717, 1.165) is 11.5 Å². The molecule has 3 aromatic rings. The lowest BCUT2D eigenvalue weighted by molar-refractivity contribution is 0.185. The second-order valence-electron chi connectivity index (χ2n) is 4.96. The summed E-state index contributed by atoms with van der Waals surface area (Å²) in [6.45, 7) is 2.96. The molecule has 0 aliphatic rings. The molecule has 1 aromatic carbocycles. The molecule has 0 aliphatic heterocycles. The van der Waals surface area contributed by atoms with Gasteiger partial charge in [0.15, 0.2) is 5.65 Å². The molecule has 22 heavy (non-hydrogen) atoms. The largest absolute Gasteiger partial charge is 0.383 e. The van der Waals surface area contributed by atoms with Gasteiger partial charge in [-0.3, -0.25) is 9.36 Å². The number of hydrogen-bond donors (Lipinski definition) is 0. The van der Waals surface area contributed by atoms with Crippen molar-refractivity contribution in [3.63, 3.8) is 0 Å². The van der Waals surface area contributed by atoms with E-state index in [4.69, 9.17) is 4.74 Å². The average Bonchev–Trinajstić information content (AvgIpc) is 2.98. The zero-order valence-corrected chi connectivity index (χ0v) is 12.7. The minimum absolute atomic E-state index is 0.0684. The summed E-state index contributed by atoms with van der Waals surface area (Å²) in [5.41, 5.74) is 1.42. The highest BCUT2D eigenvalue weighted by atomic mass is 16.5. The van der Waals surface area contributed by atoms with Crippen LogP contribution in [0.25, 0.3) is 16.7 Å². The van der Waals surface area contributed by atoms with E-state index >= 15 is 0 Å². The molecule has 0 saturated heterocycles. The predicted octanol–water partition coefficient (Wildman–Crippen LogP) is 1.79. The van der Waals surface area contributed by atoms with E-state index in [1.165, 1.54) is 0 Å². The number of nitrogens with zero attached hydrogens (tertiary/aromatic N) is 4. The fourth-order valence-electron chi connectivity index (χ4n) is 2.49. The lowest BCUT2D eigenvalue weighted by Gasteiger charge is -2.11. The summed E-state index contributed by atoms with van der Waals surface area (Å²) in [5, 5.41) is 4.86. The van der Waals surface area contributed by atoms with Crippen LogP contribution in [0.2, 0.25) is 0 Å². The van der Waals surface area contributed by atoms with Crippen LogP contribution in [0.3, 0.4) is 0 Å². The minimum Gasteiger partial charge on any atom is -0.383 e. The fraction of sp³-hybridized carbons (Fsp3) is 0.312. The summed E-state index contributed by atoms with van der Waals surface area (Å²) in [7, 11) is 1.62. The Morgan fingerprint density at radius 2 is 2.00 bits per heavy atom. The lowest BCUT2D eigenvalue weighted by atomic mass is 10.3. The molecule has 0 amide bonds. The van der Waals surface area contributed by atoms with Gasteiger partial charge < -0.3 is 4.74 Å². The second-order valence-corrected chi connectivity index (χ2v) is 4.96. The molecular weight excluding hydrogens is 280 g/mol. The number of aryl methyl sites for hydroxylation is 1. The molecule has 2 aromatic heterocycles. The first-order valence-electron chi connectivity index (χ1n) is 7.28. The minimum atomic E-state index is -0.0684. The van der Waals surface area contributed by atoms with Gasteiger partial charge in [-0.15, -0.1) is 0 Å². The van der Waals surface area contributed by atoms with Crippen LogP contribution in [0.1, 0.15) is 12.7 Å². The van der Waals surface area contributed by atoms with Crippen LogP contribution in [0.15, 0.2) is 41.3 Å². The molecular formula is C16H18N4O2. The maximum Gasteiger partial charge on any atom is 0.264 e. The molecule has 3 rings (SSSR count). The standard InChI is InChI=1S/C16H18N4O2/c1-3-14-18-15-13(16(21)19(14)9-10-22-2)11-17-20(15)12-7-5-4-6-8-12/h4-8,11H,3,9-10H2,1-2H3. The third-order valence-corrected chi connectivity index (χ3v) is 3.60. The van der Waals surface area contributed by atoms with Crippen LogP contribution < -0.4 is 5.56 Å².